The van der Waals surface area contributed by atoms with Crippen molar-refractivity contribution in [2.45, 2.75) is 32.9 Å². The molecular weight excluding hydrogens is 290 g/mol. The molecule has 1 amide bonds. The van der Waals surface area contributed by atoms with Crippen LogP contribution in [0.5, 0.6) is 0 Å². The van der Waals surface area contributed by atoms with Gasteiger partial charge in [0.1, 0.15) is 5.60 Å². The average Bonchev–Trinajstić information content (AvgIpc) is 2.46. The molecule has 5 nitrogen and oxygen atoms in total. The number of hydrogen-bond acceptors (Lipinski definition) is 4. The number of nitrogen functional groups attached to an aromatic ring is 1. The van der Waals surface area contributed by atoms with Gasteiger partial charge in [-0.05, 0) is 50.6 Å². The van der Waals surface area contributed by atoms with E-state index in [9.17, 15) is 4.79 Å². The number of nitrogens with two attached hydrogens (primary N) is 1. The van der Waals surface area contributed by atoms with Crippen LogP contribution in [0.1, 0.15) is 26.3 Å². The second-order valence-corrected chi connectivity index (χ2v) is 6.27. The summed E-state index contributed by atoms with van der Waals surface area (Å²) in [6.45, 7) is 5.90. The molecule has 0 atom stereocenters. The Morgan fingerprint density at radius 2 is 1.87 bits per heavy atom. The fourth-order valence-corrected chi connectivity index (χ4v) is 2.01. The van der Waals surface area contributed by atoms with Crippen LogP contribution in [-0.4, -0.2) is 11.7 Å². The van der Waals surface area contributed by atoms with Gasteiger partial charge in [0.25, 0.3) is 0 Å². The summed E-state index contributed by atoms with van der Waals surface area (Å²) in [6.07, 6.45) is -0.428. The molecule has 0 radical (unpaired) electrons. The van der Waals surface area contributed by atoms with Crippen molar-refractivity contribution in [3.63, 3.8) is 0 Å². The third-order valence-electron chi connectivity index (χ3n) is 3.00. The molecule has 5 heteroatoms. The smallest absolute Gasteiger partial charge is 0.407 e. The van der Waals surface area contributed by atoms with E-state index in [2.05, 4.69) is 10.6 Å². The summed E-state index contributed by atoms with van der Waals surface area (Å²) in [4.78, 5) is 11.7. The highest BCUT2D eigenvalue weighted by Crippen LogP contribution is 2.23. The molecule has 23 heavy (non-hydrogen) atoms. The lowest BCUT2D eigenvalue weighted by molar-refractivity contribution is 0.0523. The molecule has 0 aliphatic carbocycles. The predicted octanol–water partition coefficient (Wildman–Crippen LogP) is 4.04. The van der Waals surface area contributed by atoms with E-state index in [4.69, 9.17) is 10.5 Å². The highest BCUT2D eigenvalue weighted by molar-refractivity contribution is 5.72. The number of alkyl carbamates (subject to hydrolysis) is 1. The van der Waals surface area contributed by atoms with Crippen molar-refractivity contribution in [3.8, 4) is 0 Å². The second kappa shape index (κ2) is 7.05. The van der Waals surface area contributed by atoms with Crippen LogP contribution in [0.4, 0.5) is 21.9 Å². The summed E-state index contributed by atoms with van der Waals surface area (Å²) in [6, 6.07) is 15.4. The molecule has 2 aromatic rings. The maximum absolute atomic E-state index is 11.7. The van der Waals surface area contributed by atoms with Crippen LogP contribution in [-0.2, 0) is 11.3 Å². The molecule has 0 fully saturated rings. The molecule has 0 aliphatic rings. The lowest BCUT2D eigenvalue weighted by Crippen LogP contribution is -2.32. The lowest BCUT2D eigenvalue weighted by Gasteiger charge is -2.19. The summed E-state index contributed by atoms with van der Waals surface area (Å²) in [7, 11) is 0. The Morgan fingerprint density at radius 1 is 1.13 bits per heavy atom. The Bertz CT molecular complexity index is 678. The van der Waals surface area contributed by atoms with E-state index >= 15 is 0 Å². The zero-order valence-electron chi connectivity index (χ0n) is 13.7. The van der Waals surface area contributed by atoms with Crippen molar-refractivity contribution in [1.82, 2.24) is 5.32 Å². The quantitative estimate of drug-likeness (QED) is 0.745. The molecule has 0 aliphatic heterocycles. The van der Waals surface area contributed by atoms with Gasteiger partial charge in [-0.2, -0.15) is 0 Å². The van der Waals surface area contributed by atoms with Crippen molar-refractivity contribution in [2.24, 2.45) is 0 Å². The third-order valence-corrected chi connectivity index (χ3v) is 3.00. The third kappa shape index (κ3) is 5.54. The van der Waals surface area contributed by atoms with E-state index < -0.39 is 11.7 Å². The van der Waals surface area contributed by atoms with Crippen LogP contribution in [0, 0.1) is 0 Å². The molecule has 2 rings (SSSR count). The summed E-state index contributed by atoms with van der Waals surface area (Å²) < 4.78 is 5.22. The highest BCUT2D eigenvalue weighted by atomic mass is 16.6. The largest absolute Gasteiger partial charge is 0.444 e. The molecule has 0 aromatic heterocycles. The van der Waals surface area contributed by atoms with Crippen LogP contribution < -0.4 is 16.4 Å². The van der Waals surface area contributed by atoms with Gasteiger partial charge in [0, 0.05) is 12.2 Å². The van der Waals surface area contributed by atoms with Gasteiger partial charge in [-0.3, -0.25) is 0 Å². The molecule has 0 bridgehead atoms. The van der Waals surface area contributed by atoms with E-state index in [1.807, 2.05) is 69.3 Å². The van der Waals surface area contributed by atoms with Gasteiger partial charge < -0.3 is 21.1 Å². The summed E-state index contributed by atoms with van der Waals surface area (Å²) in [5, 5.41) is 6.01. The molecule has 0 heterocycles. The number of anilines is 3. The second-order valence-electron chi connectivity index (χ2n) is 6.27. The Labute approximate surface area is 136 Å². The number of amides is 1. The Balaban J connectivity index is 1.97. The van der Waals surface area contributed by atoms with Gasteiger partial charge in [0.15, 0.2) is 0 Å². The normalized spacial score (nSPS) is 10.9. The van der Waals surface area contributed by atoms with Crippen molar-refractivity contribution in [3.05, 3.63) is 54.1 Å². The maximum atomic E-state index is 11.7. The monoisotopic (exact) mass is 313 g/mol. The van der Waals surface area contributed by atoms with E-state index in [0.29, 0.717) is 12.2 Å². The molecule has 0 unspecified atom stereocenters. The fraction of sp³-hybridized carbons (Fsp3) is 0.278. The maximum Gasteiger partial charge on any atom is 0.407 e. The standard InChI is InChI=1S/C18H23N3O2/c1-18(2,3)23-17(22)20-12-13-7-6-8-14(11-13)21-16-10-5-4-9-15(16)19/h4-11,21H,12,19H2,1-3H3,(H,20,22). The number of carbonyl (C=O) groups is 1. The molecule has 0 spiro atoms. The number of nitrogens with one attached hydrogen (secondary N) is 2. The van der Waals surface area contributed by atoms with Crippen molar-refractivity contribution in [1.29, 1.82) is 0 Å². The van der Waals surface area contributed by atoms with Crippen LogP contribution in [0.2, 0.25) is 0 Å². The Kier molecular flexibility index (Phi) is 5.11. The van der Waals surface area contributed by atoms with Crippen LogP contribution in [0.15, 0.2) is 48.5 Å². The SMILES string of the molecule is CC(C)(C)OC(=O)NCc1cccc(Nc2ccccc2N)c1. The van der Waals surface area contributed by atoms with Crippen LogP contribution >= 0.6 is 0 Å². The van der Waals surface area contributed by atoms with Crippen LogP contribution in [0.3, 0.4) is 0 Å². The first-order chi connectivity index (χ1) is 10.8. The van der Waals surface area contributed by atoms with Gasteiger partial charge in [-0.15, -0.1) is 0 Å². The number of carbonyl (C=O) groups excluding carboxylic acids is 1. The molecule has 2 aromatic carbocycles. The van der Waals surface area contributed by atoms with Gasteiger partial charge in [0.05, 0.1) is 11.4 Å². The molecule has 4 N–H and O–H groups in total. The first-order valence-corrected chi connectivity index (χ1v) is 7.51. The molecular formula is C18H23N3O2. The Hall–Kier alpha value is -2.69. The Morgan fingerprint density at radius 3 is 2.57 bits per heavy atom. The zero-order valence-corrected chi connectivity index (χ0v) is 13.7. The highest BCUT2D eigenvalue weighted by Gasteiger charge is 2.15. The van der Waals surface area contributed by atoms with Crippen LogP contribution in [0.25, 0.3) is 0 Å². The first kappa shape index (κ1) is 16.7. The van der Waals surface area contributed by atoms with Gasteiger partial charge >= 0.3 is 6.09 Å². The average molecular weight is 313 g/mol. The van der Waals surface area contributed by atoms with Gasteiger partial charge in [-0.1, -0.05) is 24.3 Å². The predicted molar refractivity (Wildman–Crippen MR) is 93.7 cm³/mol. The molecule has 0 saturated heterocycles. The van der Waals surface area contributed by atoms with E-state index in [1.165, 1.54) is 0 Å². The van der Waals surface area contributed by atoms with E-state index in [1.54, 1.807) is 0 Å². The van der Waals surface area contributed by atoms with E-state index in [0.717, 1.165) is 16.9 Å². The number of benzene rings is 2. The molecule has 0 saturated carbocycles. The van der Waals surface area contributed by atoms with Crippen molar-refractivity contribution >= 4 is 23.2 Å². The molecule has 122 valence electrons. The van der Waals surface area contributed by atoms with Crippen molar-refractivity contribution in [2.75, 3.05) is 11.1 Å². The summed E-state index contributed by atoms with van der Waals surface area (Å²) in [5.74, 6) is 0. The topological polar surface area (TPSA) is 76.4 Å². The number of ether oxygens (including phenoxy) is 1. The van der Waals surface area contributed by atoms with Crippen molar-refractivity contribution < 1.29 is 9.53 Å². The first-order valence-electron chi connectivity index (χ1n) is 7.51. The summed E-state index contributed by atoms with van der Waals surface area (Å²) in [5.41, 5.74) is 8.84. The van der Waals surface area contributed by atoms with E-state index in [-0.39, 0.29) is 0 Å². The minimum atomic E-state index is -0.502. The minimum Gasteiger partial charge on any atom is -0.444 e. The number of para-hydroxylation sites is 2. The fourth-order valence-electron chi connectivity index (χ4n) is 2.01. The number of hydrogen-bond donors (Lipinski definition) is 3. The lowest BCUT2D eigenvalue weighted by atomic mass is 10.2. The van der Waals surface area contributed by atoms with Gasteiger partial charge in [0.2, 0.25) is 0 Å². The minimum absolute atomic E-state index is 0.398. The zero-order chi connectivity index (χ0) is 16.9. The number of rotatable bonds is 4. The summed E-state index contributed by atoms with van der Waals surface area (Å²) >= 11 is 0. The van der Waals surface area contributed by atoms with Gasteiger partial charge in [-0.25, -0.2) is 4.79 Å².